The van der Waals surface area contributed by atoms with E-state index in [4.69, 9.17) is 4.42 Å². The summed E-state index contributed by atoms with van der Waals surface area (Å²) in [4.78, 5) is 11.8. The normalized spacial score (nSPS) is 10.9. The average Bonchev–Trinajstić information content (AvgIpc) is 2.85. The maximum absolute atomic E-state index is 11.8. The second-order valence-electron chi connectivity index (χ2n) is 3.87. The van der Waals surface area contributed by atoms with Crippen LogP contribution in [-0.2, 0) is 0 Å². The van der Waals surface area contributed by atoms with Crippen molar-refractivity contribution in [1.82, 2.24) is 0 Å². The molecule has 0 atom stereocenters. The summed E-state index contributed by atoms with van der Waals surface area (Å²) in [7, 11) is 0. The van der Waals surface area contributed by atoms with Crippen LogP contribution in [0, 0.1) is 6.92 Å². The summed E-state index contributed by atoms with van der Waals surface area (Å²) < 4.78 is 6.12. The van der Waals surface area contributed by atoms with Crippen molar-refractivity contribution < 1.29 is 4.42 Å². The minimum absolute atomic E-state index is 0.251. The van der Waals surface area contributed by atoms with Gasteiger partial charge in [-0.2, -0.15) is 0 Å². The van der Waals surface area contributed by atoms with Crippen LogP contribution < -0.4 is 5.63 Å². The second kappa shape index (κ2) is 3.86. The Labute approximate surface area is 102 Å². The molecule has 0 aliphatic carbocycles. The summed E-state index contributed by atoms with van der Waals surface area (Å²) in [5, 5.41) is 2.91. The van der Waals surface area contributed by atoms with Crippen molar-refractivity contribution in [1.29, 1.82) is 0 Å². The van der Waals surface area contributed by atoms with Crippen LogP contribution in [0.4, 0.5) is 0 Å². The molecule has 0 amide bonds. The van der Waals surface area contributed by atoms with Crippen molar-refractivity contribution in [3.63, 3.8) is 0 Å². The Balaban J connectivity index is 2.38. The molecule has 0 N–H and O–H groups in total. The molecular weight excluding hydrogens is 232 g/mol. The maximum Gasteiger partial charge on any atom is 0.354 e. The molecule has 2 aromatic heterocycles. The number of thiophene rings is 1. The Morgan fingerprint density at radius 1 is 1.12 bits per heavy atom. The van der Waals surface area contributed by atoms with Crippen LogP contribution in [0.3, 0.4) is 0 Å². The van der Waals surface area contributed by atoms with Crippen molar-refractivity contribution in [2.45, 2.75) is 6.92 Å². The highest BCUT2D eigenvalue weighted by atomic mass is 32.1. The Hall–Kier alpha value is -1.87. The SMILES string of the molecule is Cc1c(-c2ccccc2)oc(=O)c2sccc12. The number of hydrogen-bond acceptors (Lipinski definition) is 3. The first kappa shape index (κ1) is 10.3. The molecule has 84 valence electrons. The molecule has 3 rings (SSSR count). The number of fused-ring (bicyclic) bond motifs is 1. The minimum Gasteiger partial charge on any atom is -0.421 e. The van der Waals surface area contributed by atoms with Crippen molar-refractivity contribution in [3.05, 3.63) is 57.8 Å². The summed E-state index contributed by atoms with van der Waals surface area (Å²) in [6.07, 6.45) is 0. The molecule has 17 heavy (non-hydrogen) atoms. The van der Waals surface area contributed by atoms with E-state index in [0.29, 0.717) is 10.5 Å². The van der Waals surface area contributed by atoms with Crippen molar-refractivity contribution in [2.75, 3.05) is 0 Å². The number of rotatable bonds is 1. The highest BCUT2D eigenvalue weighted by Gasteiger charge is 2.12. The predicted octanol–water partition coefficient (Wildman–Crippen LogP) is 3.83. The Bertz CT molecular complexity index is 723. The van der Waals surface area contributed by atoms with Crippen LogP contribution >= 0.6 is 11.3 Å². The molecule has 0 saturated carbocycles. The lowest BCUT2D eigenvalue weighted by atomic mass is 10.1. The maximum atomic E-state index is 11.8. The lowest BCUT2D eigenvalue weighted by Gasteiger charge is -2.04. The third kappa shape index (κ3) is 1.59. The van der Waals surface area contributed by atoms with Crippen LogP contribution in [0.25, 0.3) is 21.4 Å². The molecule has 0 fully saturated rings. The van der Waals surface area contributed by atoms with Gasteiger partial charge in [-0.1, -0.05) is 30.3 Å². The highest BCUT2D eigenvalue weighted by Crippen LogP contribution is 2.29. The van der Waals surface area contributed by atoms with Gasteiger partial charge in [0.1, 0.15) is 10.5 Å². The molecule has 0 radical (unpaired) electrons. The molecule has 2 nitrogen and oxygen atoms in total. The van der Waals surface area contributed by atoms with E-state index in [1.165, 1.54) is 11.3 Å². The molecule has 0 aliphatic rings. The van der Waals surface area contributed by atoms with Crippen LogP contribution in [0.1, 0.15) is 5.56 Å². The molecule has 0 spiro atoms. The van der Waals surface area contributed by atoms with E-state index < -0.39 is 0 Å². The highest BCUT2D eigenvalue weighted by molar-refractivity contribution is 7.17. The topological polar surface area (TPSA) is 30.2 Å². The molecule has 0 bridgehead atoms. The standard InChI is InChI=1S/C14H10O2S/c1-9-11-7-8-17-13(11)14(15)16-12(9)10-5-3-2-4-6-10/h2-8H,1H3. The number of benzene rings is 1. The fraction of sp³-hybridized carbons (Fsp3) is 0.0714. The average molecular weight is 242 g/mol. The molecular formula is C14H10O2S. The molecule has 0 unspecified atom stereocenters. The fourth-order valence-corrected chi connectivity index (χ4v) is 2.79. The van der Waals surface area contributed by atoms with Crippen LogP contribution in [0.5, 0.6) is 0 Å². The minimum atomic E-state index is -0.251. The fourth-order valence-electron chi connectivity index (χ4n) is 1.97. The van der Waals surface area contributed by atoms with Gasteiger partial charge in [0.2, 0.25) is 0 Å². The third-order valence-electron chi connectivity index (χ3n) is 2.83. The first-order chi connectivity index (χ1) is 8.27. The Morgan fingerprint density at radius 3 is 2.65 bits per heavy atom. The van der Waals surface area contributed by atoms with E-state index in [1.807, 2.05) is 48.7 Å². The van der Waals surface area contributed by atoms with E-state index in [1.54, 1.807) is 0 Å². The van der Waals surface area contributed by atoms with E-state index in [9.17, 15) is 4.79 Å². The third-order valence-corrected chi connectivity index (χ3v) is 3.72. The zero-order valence-electron chi connectivity index (χ0n) is 9.27. The summed E-state index contributed by atoms with van der Waals surface area (Å²) >= 11 is 1.43. The summed E-state index contributed by atoms with van der Waals surface area (Å²) in [5.41, 5.74) is 1.71. The van der Waals surface area contributed by atoms with Gasteiger partial charge in [-0.15, -0.1) is 11.3 Å². The van der Waals surface area contributed by atoms with Gasteiger partial charge in [0.05, 0.1) is 0 Å². The zero-order chi connectivity index (χ0) is 11.8. The van der Waals surface area contributed by atoms with E-state index in [2.05, 4.69) is 0 Å². The summed E-state index contributed by atoms with van der Waals surface area (Å²) in [5.74, 6) is 0.668. The smallest absolute Gasteiger partial charge is 0.354 e. The molecule has 2 heterocycles. The molecule has 3 heteroatoms. The van der Waals surface area contributed by atoms with Crippen molar-refractivity contribution >= 4 is 21.4 Å². The van der Waals surface area contributed by atoms with Crippen LogP contribution in [0.2, 0.25) is 0 Å². The first-order valence-electron chi connectivity index (χ1n) is 5.33. The zero-order valence-corrected chi connectivity index (χ0v) is 10.1. The quantitative estimate of drug-likeness (QED) is 0.649. The number of hydrogen-bond donors (Lipinski definition) is 0. The van der Waals surface area contributed by atoms with Gasteiger partial charge in [-0.05, 0) is 18.4 Å². The van der Waals surface area contributed by atoms with Gasteiger partial charge >= 0.3 is 5.63 Å². The van der Waals surface area contributed by atoms with Crippen molar-refractivity contribution in [3.8, 4) is 11.3 Å². The van der Waals surface area contributed by atoms with Gasteiger partial charge in [-0.3, -0.25) is 0 Å². The van der Waals surface area contributed by atoms with E-state index >= 15 is 0 Å². The van der Waals surface area contributed by atoms with Gasteiger partial charge in [0.25, 0.3) is 0 Å². The first-order valence-corrected chi connectivity index (χ1v) is 6.21. The van der Waals surface area contributed by atoms with Gasteiger partial charge in [-0.25, -0.2) is 4.79 Å². The van der Waals surface area contributed by atoms with E-state index in [-0.39, 0.29) is 5.63 Å². The van der Waals surface area contributed by atoms with Gasteiger partial charge in [0.15, 0.2) is 0 Å². The van der Waals surface area contributed by atoms with Gasteiger partial charge in [0, 0.05) is 16.5 Å². The van der Waals surface area contributed by atoms with Crippen molar-refractivity contribution in [2.24, 2.45) is 0 Å². The van der Waals surface area contributed by atoms with Crippen LogP contribution in [0.15, 0.2) is 51.0 Å². The predicted molar refractivity (Wildman–Crippen MR) is 70.5 cm³/mol. The molecule has 1 aromatic carbocycles. The largest absolute Gasteiger partial charge is 0.421 e. The van der Waals surface area contributed by atoms with Crippen LogP contribution in [-0.4, -0.2) is 0 Å². The lowest BCUT2D eigenvalue weighted by molar-refractivity contribution is 0.532. The lowest BCUT2D eigenvalue weighted by Crippen LogP contribution is -2.00. The monoisotopic (exact) mass is 242 g/mol. The Morgan fingerprint density at radius 2 is 1.88 bits per heavy atom. The second-order valence-corrected chi connectivity index (χ2v) is 4.79. The Kier molecular flexibility index (Phi) is 2.34. The summed E-state index contributed by atoms with van der Waals surface area (Å²) in [6.45, 7) is 1.99. The number of aryl methyl sites for hydroxylation is 1. The van der Waals surface area contributed by atoms with E-state index in [0.717, 1.165) is 16.5 Å². The van der Waals surface area contributed by atoms with Gasteiger partial charge < -0.3 is 4.42 Å². The molecule has 0 saturated heterocycles. The summed E-state index contributed by atoms with van der Waals surface area (Å²) in [6, 6.07) is 11.7. The molecule has 0 aliphatic heterocycles. The molecule has 3 aromatic rings.